The SMILES string of the molecule is Cc1ccc(C)n1-c1ccc(C(=O)NCC2(N3CCCCC3)CCCCC2)cc1. The molecule has 2 heterocycles. The lowest BCUT2D eigenvalue weighted by Crippen LogP contribution is -2.58. The lowest BCUT2D eigenvalue weighted by molar-refractivity contribution is 0.0326. The third-order valence-corrected chi connectivity index (χ3v) is 7.05. The zero-order chi connectivity index (χ0) is 20.3. The number of aromatic nitrogens is 1. The number of amides is 1. The van der Waals surface area contributed by atoms with Crippen LogP contribution < -0.4 is 5.32 Å². The number of nitrogens with zero attached hydrogens (tertiary/aromatic N) is 2. The Hall–Kier alpha value is -2.07. The molecular weight excluding hydrogens is 358 g/mol. The van der Waals surface area contributed by atoms with Crippen molar-refractivity contribution in [1.29, 1.82) is 0 Å². The minimum Gasteiger partial charge on any atom is -0.350 e. The fourth-order valence-corrected chi connectivity index (χ4v) is 5.37. The van der Waals surface area contributed by atoms with Crippen molar-refractivity contribution in [3.8, 4) is 5.69 Å². The molecule has 29 heavy (non-hydrogen) atoms. The Morgan fingerprint density at radius 3 is 2.07 bits per heavy atom. The van der Waals surface area contributed by atoms with Gasteiger partial charge in [-0.3, -0.25) is 9.69 Å². The maximum atomic E-state index is 12.9. The zero-order valence-electron chi connectivity index (χ0n) is 18.0. The lowest BCUT2D eigenvalue weighted by Gasteiger charge is -2.48. The van der Waals surface area contributed by atoms with Crippen LogP contribution in [0.2, 0.25) is 0 Å². The summed E-state index contributed by atoms with van der Waals surface area (Å²) in [6.07, 6.45) is 10.3. The van der Waals surface area contributed by atoms with E-state index in [4.69, 9.17) is 0 Å². The second-order valence-electron chi connectivity index (χ2n) is 9.01. The average Bonchev–Trinajstić information content (AvgIpc) is 3.11. The number of carbonyl (C=O) groups excluding carboxylic acids is 1. The van der Waals surface area contributed by atoms with Gasteiger partial charge in [0.05, 0.1) is 0 Å². The van der Waals surface area contributed by atoms with Crippen LogP contribution in [0.5, 0.6) is 0 Å². The predicted molar refractivity (Wildman–Crippen MR) is 119 cm³/mol. The van der Waals surface area contributed by atoms with Gasteiger partial charge >= 0.3 is 0 Å². The molecule has 1 amide bonds. The van der Waals surface area contributed by atoms with Gasteiger partial charge in [0, 0.05) is 34.7 Å². The van der Waals surface area contributed by atoms with Crippen LogP contribution in [-0.2, 0) is 0 Å². The molecule has 0 radical (unpaired) electrons. The summed E-state index contributed by atoms with van der Waals surface area (Å²) in [4.78, 5) is 15.6. The van der Waals surface area contributed by atoms with Crippen molar-refractivity contribution in [2.24, 2.45) is 0 Å². The van der Waals surface area contributed by atoms with Gasteiger partial charge in [-0.2, -0.15) is 0 Å². The third-order valence-electron chi connectivity index (χ3n) is 7.05. The summed E-state index contributed by atoms with van der Waals surface area (Å²) >= 11 is 0. The van der Waals surface area contributed by atoms with Crippen molar-refractivity contribution in [3.63, 3.8) is 0 Å². The highest BCUT2D eigenvalue weighted by atomic mass is 16.1. The van der Waals surface area contributed by atoms with Gasteiger partial charge in [-0.25, -0.2) is 0 Å². The van der Waals surface area contributed by atoms with Crippen LogP contribution in [0.4, 0.5) is 0 Å². The number of hydrogen-bond donors (Lipinski definition) is 1. The fraction of sp³-hybridized carbons (Fsp3) is 0.560. The highest BCUT2D eigenvalue weighted by molar-refractivity contribution is 5.94. The molecule has 4 heteroatoms. The molecule has 4 rings (SSSR count). The predicted octanol–water partition coefficient (Wildman–Crippen LogP) is 5.01. The molecule has 1 N–H and O–H groups in total. The summed E-state index contributed by atoms with van der Waals surface area (Å²) in [6, 6.07) is 12.3. The van der Waals surface area contributed by atoms with E-state index in [-0.39, 0.29) is 11.4 Å². The Labute approximate surface area is 175 Å². The van der Waals surface area contributed by atoms with E-state index in [1.807, 2.05) is 12.1 Å². The van der Waals surface area contributed by atoms with Crippen LogP contribution >= 0.6 is 0 Å². The summed E-state index contributed by atoms with van der Waals surface area (Å²) in [6.45, 7) is 7.39. The van der Waals surface area contributed by atoms with E-state index >= 15 is 0 Å². The van der Waals surface area contributed by atoms with E-state index < -0.39 is 0 Å². The second-order valence-corrected chi connectivity index (χ2v) is 9.01. The summed E-state index contributed by atoms with van der Waals surface area (Å²) in [7, 11) is 0. The monoisotopic (exact) mass is 393 g/mol. The van der Waals surface area contributed by atoms with Crippen LogP contribution in [0.1, 0.15) is 73.1 Å². The second kappa shape index (κ2) is 8.74. The van der Waals surface area contributed by atoms with Crippen molar-refractivity contribution in [3.05, 3.63) is 53.3 Å². The van der Waals surface area contributed by atoms with Crippen molar-refractivity contribution < 1.29 is 4.79 Å². The van der Waals surface area contributed by atoms with E-state index in [9.17, 15) is 4.79 Å². The highest BCUT2D eigenvalue weighted by Crippen LogP contribution is 2.35. The molecule has 0 atom stereocenters. The van der Waals surface area contributed by atoms with Crippen LogP contribution in [0.15, 0.2) is 36.4 Å². The molecule has 1 saturated carbocycles. The molecule has 0 unspecified atom stereocenters. The van der Waals surface area contributed by atoms with Gasteiger partial charge in [-0.15, -0.1) is 0 Å². The molecule has 1 aromatic carbocycles. The molecule has 2 aromatic rings. The molecule has 156 valence electrons. The Morgan fingerprint density at radius 2 is 1.45 bits per heavy atom. The number of hydrogen-bond acceptors (Lipinski definition) is 2. The first kappa shape index (κ1) is 20.2. The van der Waals surface area contributed by atoms with Crippen LogP contribution in [0, 0.1) is 13.8 Å². The first-order valence-electron chi connectivity index (χ1n) is 11.4. The molecule has 2 aliphatic rings. The Balaban J connectivity index is 1.44. The Morgan fingerprint density at radius 1 is 0.862 bits per heavy atom. The summed E-state index contributed by atoms with van der Waals surface area (Å²) < 4.78 is 2.22. The van der Waals surface area contributed by atoms with Gasteiger partial charge in [-0.05, 0) is 89.0 Å². The van der Waals surface area contributed by atoms with E-state index in [1.54, 1.807) is 0 Å². The number of aryl methyl sites for hydroxylation is 2. The topological polar surface area (TPSA) is 37.3 Å². The molecule has 1 saturated heterocycles. The van der Waals surface area contributed by atoms with Crippen molar-refractivity contribution >= 4 is 5.91 Å². The number of benzene rings is 1. The highest BCUT2D eigenvalue weighted by Gasteiger charge is 2.38. The molecule has 1 aliphatic carbocycles. The minimum absolute atomic E-state index is 0.0551. The molecular formula is C25H35N3O. The standard InChI is InChI=1S/C25H35N3O/c1-20-9-10-21(2)28(20)23-13-11-22(12-14-23)24(29)26-19-25(15-5-3-6-16-25)27-17-7-4-8-18-27/h9-14H,3-8,15-19H2,1-2H3,(H,26,29). The molecule has 2 fully saturated rings. The number of piperidine rings is 1. The van der Waals surface area contributed by atoms with Crippen LogP contribution in [-0.4, -0.2) is 40.5 Å². The van der Waals surface area contributed by atoms with Gasteiger partial charge in [-0.1, -0.05) is 25.7 Å². The third kappa shape index (κ3) is 4.28. The van der Waals surface area contributed by atoms with Gasteiger partial charge in [0.25, 0.3) is 5.91 Å². The van der Waals surface area contributed by atoms with Gasteiger partial charge in [0.1, 0.15) is 0 Å². The van der Waals surface area contributed by atoms with Crippen molar-refractivity contribution in [2.45, 2.75) is 70.8 Å². The zero-order valence-corrected chi connectivity index (χ0v) is 18.0. The van der Waals surface area contributed by atoms with Gasteiger partial charge < -0.3 is 9.88 Å². The summed E-state index contributed by atoms with van der Waals surface area (Å²) in [5.41, 5.74) is 4.45. The maximum Gasteiger partial charge on any atom is 0.251 e. The van der Waals surface area contributed by atoms with Crippen LogP contribution in [0.3, 0.4) is 0 Å². The van der Waals surface area contributed by atoms with E-state index in [0.29, 0.717) is 0 Å². The van der Waals surface area contributed by atoms with Crippen molar-refractivity contribution in [2.75, 3.05) is 19.6 Å². The Bertz CT molecular complexity index is 805. The summed E-state index contributed by atoms with van der Waals surface area (Å²) in [5.74, 6) is 0.0551. The fourth-order valence-electron chi connectivity index (χ4n) is 5.37. The van der Waals surface area contributed by atoms with Crippen molar-refractivity contribution in [1.82, 2.24) is 14.8 Å². The number of carbonyl (C=O) groups is 1. The molecule has 1 aromatic heterocycles. The van der Waals surface area contributed by atoms with E-state index in [1.165, 1.54) is 75.8 Å². The Kier molecular flexibility index (Phi) is 6.09. The molecule has 4 nitrogen and oxygen atoms in total. The average molecular weight is 394 g/mol. The molecule has 1 aliphatic heterocycles. The number of likely N-dealkylation sites (tertiary alicyclic amines) is 1. The first-order chi connectivity index (χ1) is 14.1. The largest absolute Gasteiger partial charge is 0.350 e. The van der Waals surface area contributed by atoms with Gasteiger partial charge in [0.2, 0.25) is 0 Å². The van der Waals surface area contributed by atoms with E-state index in [0.717, 1.165) is 17.8 Å². The smallest absolute Gasteiger partial charge is 0.251 e. The first-order valence-corrected chi connectivity index (χ1v) is 11.4. The van der Waals surface area contributed by atoms with Gasteiger partial charge in [0.15, 0.2) is 0 Å². The number of rotatable bonds is 5. The minimum atomic E-state index is 0.0551. The normalized spacial score (nSPS) is 19.8. The quantitative estimate of drug-likeness (QED) is 0.775. The lowest BCUT2D eigenvalue weighted by atomic mass is 9.79. The maximum absolute atomic E-state index is 12.9. The molecule has 0 bridgehead atoms. The van der Waals surface area contributed by atoms with Crippen LogP contribution in [0.25, 0.3) is 5.69 Å². The molecule has 0 spiro atoms. The summed E-state index contributed by atoms with van der Waals surface area (Å²) in [5, 5.41) is 3.30. The van der Waals surface area contributed by atoms with E-state index in [2.05, 4.69) is 52.9 Å². The number of nitrogens with one attached hydrogen (secondary N) is 1.